The maximum Gasteiger partial charge on any atom is 0.490 e. The second-order valence-corrected chi connectivity index (χ2v) is 7.88. The molecule has 2 aromatic rings. The number of hydrogen-bond acceptors (Lipinski definition) is 8. The maximum atomic E-state index is 10.6. The molecule has 0 amide bonds. The fourth-order valence-electron chi connectivity index (χ4n) is 2.73. The summed E-state index contributed by atoms with van der Waals surface area (Å²) in [7, 11) is 6.02. The van der Waals surface area contributed by atoms with Crippen molar-refractivity contribution < 1.29 is 50.9 Å². The van der Waals surface area contributed by atoms with Crippen molar-refractivity contribution in [1.82, 2.24) is 34.3 Å². The zero-order chi connectivity index (χ0) is 28.4. The molecule has 3 rings (SSSR count). The molecule has 2 N–H and O–H groups in total. The van der Waals surface area contributed by atoms with Gasteiger partial charge in [-0.2, -0.15) is 31.4 Å². The number of aryl methyl sites for hydroxylation is 1. The molecule has 1 aliphatic heterocycles. The van der Waals surface area contributed by atoms with Crippen LogP contribution in [0.2, 0.25) is 0 Å². The molecular formula is C19H27F6N7O5. The average Bonchev–Trinajstić information content (AvgIpc) is 3.36. The normalized spacial score (nSPS) is 13.8. The van der Waals surface area contributed by atoms with E-state index in [1.54, 1.807) is 0 Å². The van der Waals surface area contributed by atoms with Gasteiger partial charge in [-0.1, -0.05) is 0 Å². The van der Waals surface area contributed by atoms with E-state index in [1.165, 1.54) is 5.56 Å². The summed E-state index contributed by atoms with van der Waals surface area (Å²) < 4.78 is 73.2. The first-order chi connectivity index (χ1) is 17.0. The number of likely N-dealkylation sites (N-methyl/N-ethyl adjacent to an activating group) is 1. The van der Waals surface area contributed by atoms with E-state index in [0.717, 1.165) is 44.4 Å². The predicted octanol–water partition coefficient (Wildman–Crippen LogP) is 1.37. The fraction of sp³-hybridized carbons (Fsp3) is 0.632. The van der Waals surface area contributed by atoms with Crippen LogP contribution >= 0.6 is 0 Å². The average molecular weight is 547 g/mol. The Kier molecular flexibility index (Phi) is 11.9. The summed E-state index contributed by atoms with van der Waals surface area (Å²) in [5.74, 6) is -3.56. The summed E-state index contributed by atoms with van der Waals surface area (Å²) in [6, 6.07) is 0. The van der Waals surface area contributed by atoms with E-state index in [4.69, 9.17) is 24.5 Å². The molecular weight excluding hydrogens is 520 g/mol. The van der Waals surface area contributed by atoms with Gasteiger partial charge in [-0.15, -0.1) is 10.2 Å². The lowest BCUT2D eigenvalue weighted by atomic mass is 10.3. The Morgan fingerprint density at radius 3 is 2.08 bits per heavy atom. The first kappa shape index (κ1) is 31.8. The number of carbonyl (C=O) groups is 2. The molecule has 37 heavy (non-hydrogen) atoms. The van der Waals surface area contributed by atoms with E-state index in [9.17, 15) is 26.3 Å². The zero-order valence-electron chi connectivity index (χ0n) is 20.1. The molecule has 2 aromatic heterocycles. The Morgan fingerprint density at radius 1 is 1.05 bits per heavy atom. The number of rotatable bonds is 7. The summed E-state index contributed by atoms with van der Waals surface area (Å²) in [5.41, 5.74) is 1.23. The molecule has 0 unspecified atom stereocenters. The lowest BCUT2D eigenvalue weighted by Crippen LogP contribution is -2.34. The third-order valence-electron chi connectivity index (χ3n) is 4.47. The fourth-order valence-corrected chi connectivity index (χ4v) is 2.73. The number of carboxylic acids is 2. The molecule has 0 aliphatic carbocycles. The summed E-state index contributed by atoms with van der Waals surface area (Å²) in [6.07, 6.45) is -6.19. The van der Waals surface area contributed by atoms with Crippen LogP contribution in [0.25, 0.3) is 0 Å². The highest BCUT2D eigenvalue weighted by Crippen LogP contribution is 2.16. The Morgan fingerprint density at radius 2 is 1.62 bits per heavy atom. The molecule has 0 aromatic carbocycles. The van der Waals surface area contributed by atoms with E-state index in [0.29, 0.717) is 13.2 Å². The quantitative estimate of drug-likeness (QED) is 0.386. The Bertz CT molecular complexity index is 982. The second-order valence-electron chi connectivity index (χ2n) is 7.88. The molecule has 12 nitrogen and oxygen atoms in total. The lowest BCUT2D eigenvalue weighted by molar-refractivity contribution is -0.193. The van der Waals surface area contributed by atoms with Crippen molar-refractivity contribution in [3.05, 3.63) is 29.6 Å². The molecule has 0 radical (unpaired) electrons. The van der Waals surface area contributed by atoms with Crippen molar-refractivity contribution in [2.45, 2.75) is 38.6 Å². The number of halogens is 6. The Balaban J connectivity index is 0.000000404. The SMILES string of the molecule is CN(C)CCOCc1nnc2n1CCN(Cc1cnn(C)c1)C2.O=C(O)C(F)(F)F.O=C(O)C(F)(F)F. The number of aliphatic carboxylic acids is 2. The number of aromatic nitrogens is 5. The van der Waals surface area contributed by atoms with Crippen molar-refractivity contribution in [2.75, 3.05) is 33.8 Å². The van der Waals surface area contributed by atoms with E-state index in [-0.39, 0.29) is 0 Å². The molecule has 0 saturated heterocycles. The third kappa shape index (κ3) is 12.0. The predicted molar refractivity (Wildman–Crippen MR) is 113 cm³/mol. The smallest absolute Gasteiger partial charge is 0.475 e. The number of fused-ring (bicyclic) bond motifs is 1. The topological polar surface area (TPSA) is 139 Å². The van der Waals surface area contributed by atoms with Gasteiger partial charge in [0.15, 0.2) is 5.82 Å². The maximum absolute atomic E-state index is 10.6. The van der Waals surface area contributed by atoms with Gasteiger partial charge in [-0.05, 0) is 14.1 Å². The number of carboxylic acid groups (broad SMARTS) is 2. The van der Waals surface area contributed by atoms with E-state index >= 15 is 0 Å². The van der Waals surface area contributed by atoms with Crippen molar-refractivity contribution >= 4 is 11.9 Å². The van der Waals surface area contributed by atoms with Gasteiger partial charge in [0.25, 0.3) is 0 Å². The van der Waals surface area contributed by atoms with Crippen LogP contribution in [0.3, 0.4) is 0 Å². The third-order valence-corrected chi connectivity index (χ3v) is 4.47. The summed E-state index contributed by atoms with van der Waals surface area (Å²) >= 11 is 0. The minimum Gasteiger partial charge on any atom is -0.475 e. The van der Waals surface area contributed by atoms with E-state index < -0.39 is 24.3 Å². The highest BCUT2D eigenvalue weighted by Gasteiger charge is 2.38. The van der Waals surface area contributed by atoms with Gasteiger partial charge in [0.1, 0.15) is 12.4 Å². The summed E-state index contributed by atoms with van der Waals surface area (Å²) in [6.45, 7) is 5.78. The molecule has 0 saturated carbocycles. The molecule has 0 atom stereocenters. The molecule has 210 valence electrons. The molecule has 0 fully saturated rings. The molecule has 18 heteroatoms. The highest BCUT2D eigenvalue weighted by molar-refractivity contribution is 5.73. The van der Waals surface area contributed by atoms with Crippen LogP contribution in [0.1, 0.15) is 17.2 Å². The monoisotopic (exact) mass is 547 g/mol. The van der Waals surface area contributed by atoms with Crippen molar-refractivity contribution in [3.8, 4) is 0 Å². The molecule has 1 aliphatic rings. The summed E-state index contributed by atoms with van der Waals surface area (Å²) in [4.78, 5) is 22.3. The minimum absolute atomic E-state index is 0.531. The van der Waals surface area contributed by atoms with Crippen LogP contribution in [-0.4, -0.2) is 103 Å². The molecule has 0 spiro atoms. The molecule has 0 bridgehead atoms. The van der Waals surface area contributed by atoms with Gasteiger partial charge >= 0.3 is 24.3 Å². The largest absolute Gasteiger partial charge is 0.490 e. The van der Waals surface area contributed by atoms with Gasteiger partial charge in [0.05, 0.1) is 19.3 Å². The first-order valence-electron chi connectivity index (χ1n) is 10.4. The zero-order valence-corrected chi connectivity index (χ0v) is 20.1. The van der Waals surface area contributed by atoms with Gasteiger partial charge in [-0.3, -0.25) is 9.58 Å². The van der Waals surface area contributed by atoms with Gasteiger partial charge in [0, 0.05) is 45.0 Å². The molecule has 3 heterocycles. The summed E-state index contributed by atoms with van der Waals surface area (Å²) in [5, 5.41) is 27.1. The minimum atomic E-state index is -5.08. The Hall–Kier alpha value is -3.25. The first-order valence-corrected chi connectivity index (χ1v) is 10.4. The standard InChI is InChI=1S/C15H25N7O.2C2HF3O2/c1-19(2)6-7-23-12-15-18-17-14-11-21(4-5-22(14)15)10-13-8-16-20(3)9-13;2*3-2(4,5)1(6)7/h8-9H,4-7,10-12H2,1-3H3;2*(H,6,7). The van der Waals surface area contributed by atoms with Gasteiger partial charge in [0.2, 0.25) is 0 Å². The van der Waals surface area contributed by atoms with Crippen LogP contribution in [-0.2, 0) is 47.6 Å². The Labute approximate surface area is 207 Å². The van der Waals surface area contributed by atoms with Crippen LogP contribution < -0.4 is 0 Å². The van der Waals surface area contributed by atoms with Gasteiger partial charge < -0.3 is 24.4 Å². The van der Waals surface area contributed by atoms with Crippen molar-refractivity contribution in [1.29, 1.82) is 0 Å². The second kappa shape index (κ2) is 13.9. The van der Waals surface area contributed by atoms with E-state index in [1.807, 2.05) is 32.0 Å². The lowest BCUT2D eigenvalue weighted by Gasteiger charge is -2.27. The number of nitrogens with zero attached hydrogens (tertiary/aromatic N) is 7. The number of alkyl halides is 6. The van der Waals surface area contributed by atoms with E-state index in [2.05, 4.69) is 35.9 Å². The van der Waals surface area contributed by atoms with Crippen LogP contribution in [0.5, 0.6) is 0 Å². The highest BCUT2D eigenvalue weighted by atomic mass is 19.4. The van der Waals surface area contributed by atoms with Crippen molar-refractivity contribution in [2.24, 2.45) is 7.05 Å². The van der Waals surface area contributed by atoms with Gasteiger partial charge in [-0.25, -0.2) is 9.59 Å². The van der Waals surface area contributed by atoms with Crippen molar-refractivity contribution in [3.63, 3.8) is 0 Å². The van der Waals surface area contributed by atoms with Crippen LogP contribution in [0.15, 0.2) is 12.4 Å². The van der Waals surface area contributed by atoms with Crippen LogP contribution in [0, 0.1) is 0 Å². The number of ether oxygens (including phenoxy) is 1. The number of hydrogen-bond donors (Lipinski definition) is 2. The van der Waals surface area contributed by atoms with Crippen LogP contribution in [0.4, 0.5) is 26.3 Å².